The highest BCUT2D eigenvalue weighted by atomic mass is 79.9. The Balaban J connectivity index is 2.65. The molecule has 0 amide bonds. The minimum absolute atomic E-state index is 0.272. The van der Waals surface area contributed by atoms with Gasteiger partial charge in [0.25, 0.3) is 0 Å². The molecule has 88 valence electrons. The average Bonchev–Trinajstić information content (AvgIpc) is 2.28. The van der Waals surface area contributed by atoms with Crippen molar-refractivity contribution in [2.45, 2.75) is 6.92 Å². The molecule has 0 atom stereocenters. The monoisotopic (exact) mass is 314 g/mol. The molecule has 0 aliphatic rings. The average molecular weight is 316 g/mol. The Morgan fingerprint density at radius 1 is 1.35 bits per heavy atom. The number of rotatable bonds is 1. The first-order chi connectivity index (χ1) is 8.00. The Kier molecular flexibility index (Phi) is 3.35. The first kappa shape index (κ1) is 12.3. The van der Waals surface area contributed by atoms with Crippen molar-refractivity contribution in [1.29, 1.82) is 0 Å². The number of hydrogen-bond acceptors (Lipinski definition) is 2. The van der Waals surface area contributed by atoms with Gasteiger partial charge in [-0.2, -0.15) is 0 Å². The summed E-state index contributed by atoms with van der Waals surface area (Å²) in [5, 5.41) is 0.311. The molecule has 2 nitrogen and oxygen atoms in total. The van der Waals surface area contributed by atoms with E-state index in [0.29, 0.717) is 15.3 Å². The van der Waals surface area contributed by atoms with Gasteiger partial charge in [-0.15, -0.1) is 0 Å². The number of aryl methyl sites for hydroxylation is 1. The van der Waals surface area contributed by atoms with Crippen molar-refractivity contribution in [3.63, 3.8) is 0 Å². The quantitative estimate of drug-likeness (QED) is 0.801. The summed E-state index contributed by atoms with van der Waals surface area (Å²) in [6, 6.07) is 4.53. The van der Waals surface area contributed by atoms with E-state index in [0.717, 1.165) is 16.7 Å². The van der Waals surface area contributed by atoms with Crippen molar-refractivity contribution in [3.8, 4) is 11.1 Å². The highest BCUT2D eigenvalue weighted by Crippen LogP contribution is 2.36. The van der Waals surface area contributed by atoms with Gasteiger partial charge in [0.1, 0.15) is 11.0 Å². The van der Waals surface area contributed by atoms with Crippen LogP contribution >= 0.6 is 27.5 Å². The maximum absolute atomic E-state index is 13.0. The fourth-order valence-electron chi connectivity index (χ4n) is 1.62. The van der Waals surface area contributed by atoms with Crippen LogP contribution in [0.2, 0.25) is 5.15 Å². The second-order valence-electron chi connectivity index (χ2n) is 3.65. The Morgan fingerprint density at radius 3 is 2.71 bits per heavy atom. The molecule has 17 heavy (non-hydrogen) atoms. The lowest BCUT2D eigenvalue weighted by molar-refractivity contribution is 0.627. The van der Waals surface area contributed by atoms with Crippen molar-refractivity contribution in [1.82, 2.24) is 4.98 Å². The molecule has 0 radical (unpaired) electrons. The maximum Gasteiger partial charge on any atom is 0.145 e. The smallest absolute Gasteiger partial charge is 0.145 e. The molecule has 0 saturated carbocycles. The standard InChI is InChI=1S/C12H9BrClFN2/c1-6-4-7(15)2-3-8(6)9-5-17-12(14)10(13)11(9)16/h2-5H,1H3,(H2,16,17). The molecule has 2 N–H and O–H groups in total. The summed E-state index contributed by atoms with van der Waals surface area (Å²) in [6.45, 7) is 1.82. The van der Waals surface area contributed by atoms with Crippen LogP contribution in [0.4, 0.5) is 10.1 Å². The highest BCUT2D eigenvalue weighted by molar-refractivity contribution is 9.10. The summed E-state index contributed by atoms with van der Waals surface area (Å²) in [5.41, 5.74) is 8.83. The molecule has 1 heterocycles. The molecule has 1 aromatic carbocycles. The van der Waals surface area contributed by atoms with E-state index < -0.39 is 0 Å². The molecular formula is C12H9BrClFN2. The van der Waals surface area contributed by atoms with Crippen LogP contribution in [-0.2, 0) is 0 Å². The Hall–Kier alpha value is -1.13. The molecule has 0 spiro atoms. The summed E-state index contributed by atoms with van der Waals surface area (Å²) >= 11 is 9.11. The number of halogens is 3. The first-order valence-electron chi connectivity index (χ1n) is 4.86. The molecule has 2 aromatic rings. The van der Waals surface area contributed by atoms with Crippen LogP contribution < -0.4 is 5.73 Å². The van der Waals surface area contributed by atoms with Crippen molar-refractivity contribution < 1.29 is 4.39 Å². The minimum Gasteiger partial charge on any atom is -0.397 e. The molecule has 0 bridgehead atoms. The third kappa shape index (κ3) is 2.28. The first-order valence-corrected chi connectivity index (χ1v) is 6.04. The number of nitrogen functional groups attached to an aromatic ring is 1. The van der Waals surface area contributed by atoms with E-state index in [1.807, 2.05) is 6.92 Å². The van der Waals surface area contributed by atoms with Crippen LogP contribution in [0.1, 0.15) is 5.56 Å². The number of pyridine rings is 1. The van der Waals surface area contributed by atoms with Gasteiger partial charge in [0.15, 0.2) is 0 Å². The summed E-state index contributed by atoms with van der Waals surface area (Å²) in [5.74, 6) is -0.272. The fourth-order valence-corrected chi connectivity index (χ4v) is 2.09. The maximum atomic E-state index is 13.0. The summed E-state index contributed by atoms with van der Waals surface area (Å²) in [7, 11) is 0. The minimum atomic E-state index is -0.272. The number of nitrogens with zero attached hydrogens (tertiary/aromatic N) is 1. The van der Waals surface area contributed by atoms with Gasteiger partial charge in [-0.1, -0.05) is 17.7 Å². The van der Waals surface area contributed by atoms with Crippen LogP contribution in [0.3, 0.4) is 0 Å². The lowest BCUT2D eigenvalue weighted by Gasteiger charge is -2.10. The molecule has 0 aliphatic heterocycles. The Bertz CT molecular complexity index is 587. The lowest BCUT2D eigenvalue weighted by atomic mass is 10.0. The van der Waals surface area contributed by atoms with Gasteiger partial charge in [0, 0.05) is 11.8 Å². The summed E-state index contributed by atoms with van der Waals surface area (Å²) in [6.07, 6.45) is 1.59. The van der Waals surface area contributed by atoms with Gasteiger partial charge in [-0.25, -0.2) is 9.37 Å². The van der Waals surface area contributed by atoms with Crippen LogP contribution in [-0.4, -0.2) is 4.98 Å². The van der Waals surface area contributed by atoms with E-state index in [9.17, 15) is 4.39 Å². The van der Waals surface area contributed by atoms with Gasteiger partial charge in [0.2, 0.25) is 0 Å². The van der Waals surface area contributed by atoms with Crippen LogP contribution in [0.25, 0.3) is 11.1 Å². The van der Waals surface area contributed by atoms with Gasteiger partial charge in [-0.3, -0.25) is 0 Å². The molecule has 5 heteroatoms. The van der Waals surface area contributed by atoms with Crippen molar-refractivity contribution in [2.75, 3.05) is 5.73 Å². The molecule has 0 unspecified atom stereocenters. The van der Waals surface area contributed by atoms with Gasteiger partial charge in [0.05, 0.1) is 10.2 Å². The second-order valence-corrected chi connectivity index (χ2v) is 4.80. The zero-order valence-electron chi connectivity index (χ0n) is 8.97. The summed E-state index contributed by atoms with van der Waals surface area (Å²) < 4.78 is 13.6. The Labute approximate surface area is 112 Å². The zero-order chi connectivity index (χ0) is 12.6. The van der Waals surface area contributed by atoms with E-state index in [-0.39, 0.29) is 5.82 Å². The molecule has 0 fully saturated rings. The fraction of sp³-hybridized carbons (Fsp3) is 0.0833. The third-order valence-electron chi connectivity index (χ3n) is 2.49. The number of hydrogen-bond donors (Lipinski definition) is 1. The number of nitrogens with two attached hydrogens (primary N) is 1. The SMILES string of the molecule is Cc1cc(F)ccc1-c1cnc(Cl)c(Br)c1N. The largest absolute Gasteiger partial charge is 0.397 e. The van der Waals surface area contributed by atoms with E-state index in [2.05, 4.69) is 20.9 Å². The number of anilines is 1. The summed E-state index contributed by atoms with van der Waals surface area (Å²) in [4.78, 5) is 4.02. The normalized spacial score (nSPS) is 10.6. The van der Waals surface area contributed by atoms with Crippen molar-refractivity contribution in [2.24, 2.45) is 0 Å². The molecule has 2 rings (SSSR count). The van der Waals surface area contributed by atoms with Crippen LogP contribution in [0, 0.1) is 12.7 Å². The van der Waals surface area contributed by atoms with Gasteiger partial charge < -0.3 is 5.73 Å². The number of aromatic nitrogens is 1. The van der Waals surface area contributed by atoms with E-state index >= 15 is 0 Å². The van der Waals surface area contributed by atoms with E-state index in [1.54, 1.807) is 12.3 Å². The van der Waals surface area contributed by atoms with Crippen LogP contribution in [0.5, 0.6) is 0 Å². The third-order valence-corrected chi connectivity index (χ3v) is 3.81. The predicted molar refractivity (Wildman–Crippen MR) is 71.5 cm³/mol. The van der Waals surface area contributed by atoms with Crippen LogP contribution in [0.15, 0.2) is 28.9 Å². The topological polar surface area (TPSA) is 38.9 Å². The van der Waals surface area contributed by atoms with E-state index in [1.165, 1.54) is 12.1 Å². The van der Waals surface area contributed by atoms with Crippen molar-refractivity contribution in [3.05, 3.63) is 45.4 Å². The van der Waals surface area contributed by atoms with Gasteiger partial charge in [-0.05, 0) is 46.1 Å². The Morgan fingerprint density at radius 2 is 2.06 bits per heavy atom. The second kappa shape index (κ2) is 4.63. The number of benzene rings is 1. The molecule has 1 aromatic heterocycles. The molecule has 0 saturated heterocycles. The molecule has 0 aliphatic carbocycles. The molecular weight excluding hydrogens is 307 g/mol. The van der Waals surface area contributed by atoms with Crippen molar-refractivity contribution >= 4 is 33.2 Å². The lowest BCUT2D eigenvalue weighted by Crippen LogP contribution is -1.96. The highest BCUT2D eigenvalue weighted by Gasteiger charge is 2.12. The predicted octanol–water partition coefficient (Wildman–Crippen LogP) is 4.19. The zero-order valence-corrected chi connectivity index (χ0v) is 11.3. The van der Waals surface area contributed by atoms with Gasteiger partial charge >= 0.3 is 0 Å². The van der Waals surface area contributed by atoms with E-state index in [4.69, 9.17) is 17.3 Å².